The number of hydrogen-bond donors (Lipinski definition) is 1. The smallest absolute Gasteiger partial charge is 0.338 e. The number of methoxy groups -OCH3 is 2. The minimum atomic E-state index is -0.572. The summed E-state index contributed by atoms with van der Waals surface area (Å²) in [6.45, 7) is -0.417. The first-order valence-electron chi connectivity index (χ1n) is 8.95. The lowest BCUT2D eigenvalue weighted by molar-refractivity contribution is -0.119. The van der Waals surface area contributed by atoms with Gasteiger partial charge in [-0.2, -0.15) is 0 Å². The summed E-state index contributed by atoms with van der Waals surface area (Å²) in [5.41, 5.74) is 2.85. The third-order valence-electron chi connectivity index (χ3n) is 4.24. The zero-order chi connectivity index (χ0) is 20.6. The van der Waals surface area contributed by atoms with E-state index in [1.54, 1.807) is 30.3 Å². The standard InChI is InChI=1S/C23H21NO5/c1-27-19-12-13-21(28-2)20(14-19)24-22(25)15-29-23(26)18-10-8-17(9-11-18)16-6-4-3-5-7-16/h3-14H,15H2,1-2H3,(H,24,25). The summed E-state index contributed by atoms with van der Waals surface area (Å²) in [5.74, 6) is -0.0123. The van der Waals surface area contributed by atoms with Crippen molar-refractivity contribution in [1.29, 1.82) is 0 Å². The highest BCUT2D eigenvalue weighted by Gasteiger charge is 2.13. The fourth-order valence-corrected chi connectivity index (χ4v) is 2.74. The highest BCUT2D eigenvalue weighted by molar-refractivity contribution is 5.96. The molecule has 0 fully saturated rings. The number of rotatable bonds is 7. The molecule has 6 nitrogen and oxygen atoms in total. The lowest BCUT2D eigenvalue weighted by Gasteiger charge is -2.12. The van der Waals surface area contributed by atoms with Crippen LogP contribution in [-0.2, 0) is 9.53 Å². The molecule has 0 unspecified atom stereocenters. The van der Waals surface area contributed by atoms with E-state index in [-0.39, 0.29) is 0 Å². The van der Waals surface area contributed by atoms with Crippen LogP contribution in [-0.4, -0.2) is 32.7 Å². The number of amides is 1. The first-order chi connectivity index (χ1) is 14.1. The quantitative estimate of drug-likeness (QED) is 0.612. The largest absolute Gasteiger partial charge is 0.497 e. The van der Waals surface area contributed by atoms with Gasteiger partial charge in [-0.05, 0) is 35.4 Å². The molecular weight excluding hydrogens is 370 g/mol. The number of nitrogens with one attached hydrogen (secondary N) is 1. The van der Waals surface area contributed by atoms with Crippen LogP contribution in [0.4, 0.5) is 5.69 Å². The maximum absolute atomic E-state index is 12.2. The molecule has 6 heteroatoms. The van der Waals surface area contributed by atoms with Crippen molar-refractivity contribution in [3.05, 3.63) is 78.4 Å². The summed E-state index contributed by atoms with van der Waals surface area (Å²) in [4.78, 5) is 24.4. The van der Waals surface area contributed by atoms with Crippen LogP contribution in [0.25, 0.3) is 11.1 Å². The minimum Gasteiger partial charge on any atom is -0.497 e. The topological polar surface area (TPSA) is 73.9 Å². The van der Waals surface area contributed by atoms with Crippen molar-refractivity contribution in [2.75, 3.05) is 26.1 Å². The number of carbonyl (C=O) groups is 2. The molecule has 1 amide bonds. The third-order valence-corrected chi connectivity index (χ3v) is 4.24. The molecule has 148 valence electrons. The Balaban J connectivity index is 1.58. The van der Waals surface area contributed by atoms with Crippen LogP contribution in [0.3, 0.4) is 0 Å². The lowest BCUT2D eigenvalue weighted by Crippen LogP contribution is -2.21. The molecule has 0 atom stereocenters. The maximum Gasteiger partial charge on any atom is 0.338 e. The summed E-state index contributed by atoms with van der Waals surface area (Å²) in [6, 6.07) is 21.9. The van der Waals surface area contributed by atoms with Gasteiger partial charge in [-0.3, -0.25) is 4.79 Å². The van der Waals surface area contributed by atoms with Crippen molar-refractivity contribution in [2.24, 2.45) is 0 Å². The van der Waals surface area contributed by atoms with E-state index in [2.05, 4.69) is 5.32 Å². The molecule has 0 saturated carbocycles. The molecule has 0 aliphatic heterocycles. The summed E-state index contributed by atoms with van der Waals surface area (Å²) >= 11 is 0. The van der Waals surface area contributed by atoms with E-state index in [4.69, 9.17) is 14.2 Å². The van der Waals surface area contributed by atoms with Crippen LogP contribution in [0.1, 0.15) is 10.4 Å². The van der Waals surface area contributed by atoms with Crippen LogP contribution in [0, 0.1) is 0 Å². The van der Waals surface area contributed by atoms with Gasteiger partial charge in [0.1, 0.15) is 11.5 Å². The van der Waals surface area contributed by atoms with Gasteiger partial charge in [0.2, 0.25) is 0 Å². The van der Waals surface area contributed by atoms with Crippen molar-refractivity contribution in [1.82, 2.24) is 0 Å². The first-order valence-corrected chi connectivity index (χ1v) is 8.95. The average Bonchev–Trinajstić information content (AvgIpc) is 2.78. The van der Waals surface area contributed by atoms with Gasteiger partial charge in [0, 0.05) is 6.07 Å². The van der Waals surface area contributed by atoms with Crippen molar-refractivity contribution in [2.45, 2.75) is 0 Å². The van der Waals surface area contributed by atoms with E-state index in [1.165, 1.54) is 14.2 Å². The molecule has 0 saturated heterocycles. The predicted octanol–water partition coefficient (Wildman–Crippen LogP) is 4.17. The van der Waals surface area contributed by atoms with Gasteiger partial charge in [0.05, 0.1) is 25.5 Å². The SMILES string of the molecule is COc1ccc(OC)c(NC(=O)COC(=O)c2ccc(-c3ccccc3)cc2)c1. The molecular formula is C23H21NO5. The number of hydrogen-bond acceptors (Lipinski definition) is 5. The molecule has 0 aliphatic rings. The molecule has 0 heterocycles. The van der Waals surface area contributed by atoms with Crippen molar-refractivity contribution in [3.63, 3.8) is 0 Å². The molecule has 0 aliphatic carbocycles. The van der Waals surface area contributed by atoms with Gasteiger partial charge in [-0.25, -0.2) is 4.79 Å². The monoisotopic (exact) mass is 391 g/mol. The molecule has 3 aromatic rings. The van der Waals surface area contributed by atoms with Crippen LogP contribution in [0.5, 0.6) is 11.5 Å². The van der Waals surface area contributed by atoms with Crippen molar-refractivity contribution in [3.8, 4) is 22.6 Å². The Hall–Kier alpha value is -3.80. The summed E-state index contributed by atoms with van der Waals surface area (Å²) in [6.07, 6.45) is 0. The Kier molecular flexibility index (Phi) is 6.47. The molecule has 0 bridgehead atoms. The second kappa shape index (κ2) is 9.41. The first kappa shape index (κ1) is 19.9. The second-order valence-corrected chi connectivity index (χ2v) is 6.13. The lowest BCUT2D eigenvalue weighted by atomic mass is 10.0. The number of anilines is 1. The van der Waals surface area contributed by atoms with Gasteiger partial charge in [0.15, 0.2) is 6.61 Å². The predicted molar refractivity (Wildman–Crippen MR) is 110 cm³/mol. The summed E-state index contributed by atoms with van der Waals surface area (Å²) < 4.78 is 15.5. The average molecular weight is 391 g/mol. The summed E-state index contributed by atoms with van der Waals surface area (Å²) in [5, 5.41) is 2.65. The normalized spacial score (nSPS) is 10.1. The van der Waals surface area contributed by atoms with Crippen LogP contribution in [0.2, 0.25) is 0 Å². The molecule has 29 heavy (non-hydrogen) atoms. The number of benzene rings is 3. The number of ether oxygens (including phenoxy) is 3. The van der Waals surface area contributed by atoms with Crippen molar-refractivity contribution < 1.29 is 23.8 Å². The Morgan fingerprint density at radius 1 is 0.828 bits per heavy atom. The van der Waals surface area contributed by atoms with Gasteiger partial charge in [-0.15, -0.1) is 0 Å². The van der Waals surface area contributed by atoms with Gasteiger partial charge in [0.25, 0.3) is 5.91 Å². The minimum absolute atomic E-state index is 0.372. The highest BCUT2D eigenvalue weighted by atomic mass is 16.5. The molecule has 0 spiro atoms. The van der Waals surface area contributed by atoms with Crippen LogP contribution in [0.15, 0.2) is 72.8 Å². The van der Waals surface area contributed by atoms with Gasteiger partial charge < -0.3 is 19.5 Å². The Morgan fingerprint density at radius 3 is 2.17 bits per heavy atom. The van der Waals surface area contributed by atoms with Crippen LogP contribution >= 0.6 is 0 Å². The Bertz CT molecular complexity index is 984. The van der Waals surface area contributed by atoms with Crippen molar-refractivity contribution >= 4 is 17.6 Å². The zero-order valence-corrected chi connectivity index (χ0v) is 16.2. The van der Waals surface area contributed by atoms with Gasteiger partial charge >= 0.3 is 5.97 Å². The Labute approximate surface area is 169 Å². The molecule has 3 rings (SSSR count). The van der Waals surface area contributed by atoms with E-state index < -0.39 is 18.5 Å². The van der Waals surface area contributed by atoms with E-state index >= 15 is 0 Å². The second-order valence-electron chi connectivity index (χ2n) is 6.13. The highest BCUT2D eigenvalue weighted by Crippen LogP contribution is 2.28. The van der Waals surface area contributed by atoms with Gasteiger partial charge in [-0.1, -0.05) is 42.5 Å². The van der Waals surface area contributed by atoms with E-state index in [0.717, 1.165) is 11.1 Å². The molecule has 0 radical (unpaired) electrons. The van der Waals surface area contributed by atoms with E-state index in [1.807, 2.05) is 42.5 Å². The van der Waals surface area contributed by atoms with E-state index in [9.17, 15) is 9.59 Å². The van der Waals surface area contributed by atoms with E-state index in [0.29, 0.717) is 22.7 Å². The maximum atomic E-state index is 12.2. The van der Waals surface area contributed by atoms with Crippen LogP contribution < -0.4 is 14.8 Å². The third kappa shape index (κ3) is 5.13. The fourth-order valence-electron chi connectivity index (χ4n) is 2.74. The number of carbonyl (C=O) groups excluding carboxylic acids is 2. The number of esters is 1. The molecule has 1 N–H and O–H groups in total. The fraction of sp³-hybridized carbons (Fsp3) is 0.130. The molecule has 3 aromatic carbocycles. The molecule has 0 aromatic heterocycles. The zero-order valence-electron chi connectivity index (χ0n) is 16.2. The Morgan fingerprint density at radius 2 is 1.52 bits per heavy atom. The summed E-state index contributed by atoms with van der Waals surface area (Å²) in [7, 11) is 3.02.